The van der Waals surface area contributed by atoms with E-state index in [2.05, 4.69) is 63.5 Å². The molecule has 2 rings (SSSR count). The van der Waals surface area contributed by atoms with Gasteiger partial charge in [0.15, 0.2) is 0 Å². The highest BCUT2D eigenvalue weighted by Gasteiger charge is 2.15. The lowest BCUT2D eigenvalue weighted by Gasteiger charge is -2.21. The molecule has 2 N–H and O–H groups in total. The van der Waals surface area contributed by atoms with Crippen LogP contribution in [0.4, 0.5) is 0 Å². The first-order valence-electron chi connectivity index (χ1n) is 12.2. The number of allylic oxidation sites excluding steroid dienone is 2. The minimum Gasteiger partial charge on any atom is -0.508 e. The predicted octanol–water partition coefficient (Wildman–Crippen LogP) is 6.51. The average Bonchev–Trinajstić information content (AvgIpc) is 2.81. The number of aromatic hydroxyl groups is 2. The van der Waals surface area contributed by atoms with Crippen molar-refractivity contribution in [3.8, 4) is 11.5 Å². The smallest absolute Gasteiger partial charge is 0.120 e. The monoisotopic (exact) mass is 438 g/mol. The van der Waals surface area contributed by atoms with Crippen molar-refractivity contribution in [3.63, 3.8) is 0 Å². The van der Waals surface area contributed by atoms with Gasteiger partial charge in [0.05, 0.1) is 0 Å². The van der Waals surface area contributed by atoms with Gasteiger partial charge in [-0.25, -0.2) is 0 Å². The van der Waals surface area contributed by atoms with Crippen LogP contribution in [0.5, 0.6) is 11.5 Å². The molecule has 0 aliphatic carbocycles. The molecule has 176 valence electrons. The first-order chi connectivity index (χ1) is 15.4. The summed E-state index contributed by atoms with van der Waals surface area (Å²) in [5.41, 5.74) is 6.88. The molecule has 0 spiro atoms. The van der Waals surface area contributed by atoms with Crippen molar-refractivity contribution in [3.05, 3.63) is 58.7 Å². The van der Waals surface area contributed by atoms with Crippen molar-refractivity contribution in [2.75, 3.05) is 26.2 Å². The second-order valence-electron chi connectivity index (χ2n) is 8.27. The summed E-state index contributed by atoms with van der Waals surface area (Å²) in [7, 11) is 0. The summed E-state index contributed by atoms with van der Waals surface area (Å²) < 4.78 is 0. The van der Waals surface area contributed by atoms with E-state index >= 15 is 0 Å². The molecule has 0 atom stereocenters. The molecule has 2 aromatic carbocycles. The quantitative estimate of drug-likeness (QED) is 0.371. The molecule has 0 saturated carbocycles. The van der Waals surface area contributed by atoms with Crippen LogP contribution in [0.2, 0.25) is 0 Å². The summed E-state index contributed by atoms with van der Waals surface area (Å²) >= 11 is 0. The van der Waals surface area contributed by atoms with Gasteiger partial charge in [-0.2, -0.15) is 0 Å². The lowest BCUT2D eigenvalue weighted by Crippen LogP contribution is -2.22. The summed E-state index contributed by atoms with van der Waals surface area (Å²) in [6, 6.07) is 12.0. The third-order valence-electron chi connectivity index (χ3n) is 6.50. The molecule has 0 unspecified atom stereocenters. The molecule has 0 aliphatic rings. The van der Waals surface area contributed by atoms with Gasteiger partial charge in [-0.3, -0.25) is 9.80 Å². The van der Waals surface area contributed by atoms with Gasteiger partial charge in [-0.1, -0.05) is 53.7 Å². The van der Waals surface area contributed by atoms with E-state index in [0.717, 1.165) is 63.2 Å². The maximum atomic E-state index is 10.5. The van der Waals surface area contributed by atoms with Crippen molar-refractivity contribution in [1.29, 1.82) is 0 Å². The van der Waals surface area contributed by atoms with Crippen LogP contribution >= 0.6 is 0 Å². The molecule has 0 radical (unpaired) electrons. The highest BCUT2D eigenvalue weighted by Crippen LogP contribution is 2.35. The Morgan fingerprint density at radius 2 is 0.938 bits per heavy atom. The van der Waals surface area contributed by atoms with Crippen LogP contribution in [-0.2, 0) is 13.1 Å². The fraction of sp³-hybridized carbons (Fsp3) is 0.500. The molecule has 0 heterocycles. The van der Waals surface area contributed by atoms with Gasteiger partial charge in [0.25, 0.3) is 0 Å². The fourth-order valence-corrected chi connectivity index (χ4v) is 4.36. The average molecular weight is 439 g/mol. The molecule has 32 heavy (non-hydrogen) atoms. The molecule has 0 aliphatic heterocycles. The summed E-state index contributed by atoms with van der Waals surface area (Å²) in [5, 5.41) is 20.9. The number of phenolic OH excluding ortho intramolecular Hbond substituents is 2. The third kappa shape index (κ3) is 6.36. The van der Waals surface area contributed by atoms with Crippen molar-refractivity contribution >= 4 is 11.1 Å². The number of nitrogens with zero attached hydrogens (tertiary/aromatic N) is 2. The maximum absolute atomic E-state index is 10.5. The van der Waals surface area contributed by atoms with E-state index in [1.807, 2.05) is 24.3 Å². The normalized spacial score (nSPS) is 12.5. The Labute approximate surface area is 195 Å². The van der Waals surface area contributed by atoms with Crippen LogP contribution in [0, 0.1) is 0 Å². The van der Waals surface area contributed by atoms with Crippen LogP contribution in [0.3, 0.4) is 0 Å². The second kappa shape index (κ2) is 12.7. The largest absolute Gasteiger partial charge is 0.508 e. The van der Waals surface area contributed by atoms with E-state index in [-0.39, 0.29) is 0 Å². The zero-order valence-electron chi connectivity index (χ0n) is 20.9. The van der Waals surface area contributed by atoms with Crippen LogP contribution in [0.1, 0.15) is 76.6 Å². The molecule has 2 aromatic rings. The summed E-state index contributed by atoms with van der Waals surface area (Å²) in [6.45, 7) is 18.3. The molecule has 0 saturated heterocycles. The second-order valence-corrected chi connectivity index (χ2v) is 8.27. The molecule has 0 fully saturated rings. The van der Waals surface area contributed by atoms with Gasteiger partial charge in [0.2, 0.25) is 0 Å². The minimum atomic E-state index is 0.361. The van der Waals surface area contributed by atoms with Gasteiger partial charge < -0.3 is 10.2 Å². The van der Waals surface area contributed by atoms with E-state index in [4.69, 9.17) is 0 Å². The highest BCUT2D eigenvalue weighted by molar-refractivity contribution is 5.91. The van der Waals surface area contributed by atoms with Gasteiger partial charge in [-0.15, -0.1) is 0 Å². The Hall–Kier alpha value is -2.30. The Kier molecular flexibility index (Phi) is 10.3. The van der Waals surface area contributed by atoms with Crippen LogP contribution in [-0.4, -0.2) is 46.2 Å². The third-order valence-corrected chi connectivity index (χ3v) is 6.50. The van der Waals surface area contributed by atoms with Crippen LogP contribution in [0.15, 0.2) is 36.4 Å². The van der Waals surface area contributed by atoms with Gasteiger partial charge in [0.1, 0.15) is 11.5 Å². The Balaban J connectivity index is 2.52. The Morgan fingerprint density at radius 3 is 1.22 bits per heavy atom. The molecule has 0 bridgehead atoms. The molecule has 4 nitrogen and oxygen atoms in total. The predicted molar refractivity (Wildman–Crippen MR) is 137 cm³/mol. The molecule has 0 amide bonds. The van der Waals surface area contributed by atoms with Crippen LogP contribution in [0.25, 0.3) is 11.1 Å². The van der Waals surface area contributed by atoms with E-state index in [1.165, 1.54) is 22.3 Å². The Bertz CT molecular complexity index is 823. The Morgan fingerprint density at radius 1 is 0.594 bits per heavy atom. The van der Waals surface area contributed by atoms with Gasteiger partial charge >= 0.3 is 0 Å². The van der Waals surface area contributed by atoms with Crippen molar-refractivity contribution in [1.82, 2.24) is 9.80 Å². The first kappa shape index (κ1) is 26.0. The zero-order chi connectivity index (χ0) is 23.7. The van der Waals surface area contributed by atoms with E-state index in [1.54, 1.807) is 0 Å². The summed E-state index contributed by atoms with van der Waals surface area (Å²) in [6.07, 6.45) is 1.82. The van der Waals surface area contributed by atoms with E-state index < -0.39 is 0 Å². The molecule has 0 aromatic heterocycles. The fourth-order valence-electron chi connectivity index (χ4n) is 4.36. The first-order valence-corrected chi connectivity index (χ1v) is 12.2. The highest BCUT2D eigenvalue weighted by atomic mass is 16.3. The van der Waals surface area contributed by atoms with E-state index in [0.29, 0.717) is 11.5 Å². The van der Waals surface area contributed by atoms with Crippen molar-refractivity contribution in [2.24, 2.45) is 0 Å². The number of hydrogen-bond acceptors (Lipinski definition) is 4. The number of rotatable bonds is 12. The number of benzene rings is 2. The number of phenols is 2. The molecular formula is C28H42N2O2. The summed E-state index contributed by atoms with van der Waals surface area (Å²) in [4.78, 5) is 4.63. The van der Waals surface area contributed by atoms with Gasteiger partial charge in [-0.05, 0) is 85.6 Å². The van der Waals surface area contributed by atoms with Crippen LogP contribution < -0.4 is 0 Å². The van der Waals surface area contributed by atoms with Gasteiger partial charge in [0, 0.05) is 24.2 Å². The zero-order valence-corrected chi connectivity index (χ0v) is 20.9. The SMILES string of the molecule is CC/C(=C(/CC)c1ccc(O)c(CN(CC)CC)c1)c1ccc(O)c(CN(CC)CC)c1. The van der Waals surface area contributed by atoms with Crippen molar-refractivity contribution in [2.45, 2.75) is 67.5 Å². The molecular weight excluding hydrogens is 396 g/mol. The molecule has 4 heteroatoms. The number of hydrogen-bond donors (Lipinski definition) is 2. The van der Waals surface area contributed by atoms with E-state index in [9.17, 15) is 10.2 Å². The topological polar surface area (TPSA) is 46.9 Å². The minimum absolute atomic E-state index is 0.361. The summed E-state index contributed by atoms with van der Waals surface area (Å²) in [5.74, 6) is 0.723. The van der Waals surface area contributed by atoms with Crippen molar-refractivity contribution < 1.29 is 10.2 Å². The lowest BCUT2D eigenvalue weighted by atomic mass is 9.89. The lowest BCUT2D eigenvalue weighted by molar-refractivity contribution is 0.291. The maximum Gasteiger partial charge on any atom is 0.120 e. The standard InChI is InChI=1S/C28H42N2O2/c1-7-25(21-13-15-27(31)23(17-21)19-29(9-3)10-4)26(8-2)22-14-16-28(32)24(18-22)20-30(11-5)12-6/h13-18,31-32H,7-12,19-20H2,1-6H3/b26-25+.